The number of nitrogens with zero attached hydrogens (tertiary/aromatic N) is 3. The molecule has 18 heavy (non-hydrogen) atoms. The summed E-state index contributed by atoms with van der Waals surface area (Å²) in [6.07, 6.45) is 1.56. The third-order valence-corrected chi connectivity index (χ3v) is 5.85. The molecule has 7 heteroatoms. The number of thiophene rings is 1. The average Bonchev–Trinajstić information content (AvgIpc) is 2.72. The summed E-state index contributed by atoms with van der Waals surface area (Å²) < 4.78 is 23.9. The van der Waals surface area contributed by atoms with Gasteiger partial charge in [0.2, 0.25) is 0 Å². The van der Waals surface area contributed by atoms with Gasteiger partial charge in [0.1, 0.15) is 12.1 Å². The molecule has 96 valence electrons. The van der Waals surface area contributed by atoms with Crippen molar-refractivity contribution in [2.45, 2.75) is 6.92 Å². The van der Waals surface area contributed by atoms with E-state index in [9.17, 15) is 8.42 Å². The molecule has 0 unspecified atom stereocenters. The summed E-state index contributed by atoms with van der Waals surface area (Å²) >= 11 is 1.62. The Morgan fingerprint density at radius 2 is 2.00 bits per heavy atom. The molecule has 2 aromatic heterocycles. The molecule has 0 amide bonds. The third kappa shape index (κ3) is 1.97. The zero-order valence-corrected chi connectivity index (χ0v) is 11.6. The van der Waals surface area contributed by atoms with Gasteiger partial charge in [-0.25, -0.2) is 18.4 Å². The fraction of sp³-hybridized carbons (Fsp3) is 0.455. The van der Waals surface area contributed by atoms with Crippen LogP contribution in [0.25, 0.3) is 10.2 Å². The first kappa shape index (κ1) is 11.9. The van der Waals surface area contributed by atoms with Crippen molar-refractivity contribution in [2.24, 2.45) is 0 Å². The molecule has 1 fully saturated rings. The number of aryl methyl sites for hydroxylation is 1. The van der Waals surface area contributed by atoms with Gasteiger partial charge in [-0.15, -0.1) is 11.3 Å². The minimum absolute atomic E-state index is 0.211. The Morgan fingerprint density at radius 1 is 1.28 bits per heavy atom. The van der Waals surface area contributed by atoms with E-state index in [1.807, 2.05) is 11.8 Å². The largest absolute Gasteiger partial charge is 0.353 e. The minimum atomic E-state index is -2.85. The highest BCUT2D eigenvalue weighted by molar-refractivity contribution is 7.91. The molecule has 0 aromatic carbocycles. The molecule has 2 aromatic rings. The molecule has 0 N–H and O–H groups in total. The zero-order valence-electron chi connectivity index (χ0n) is 9.96. The van der Waals surface area contributed by atoms with Crippen molar-refractivity contribution in [1.29, 1.82) is 0 Å². The molecule has 0 atom stereocenters. The van der Waals surface area contributed by atoms with Crippen molar-refractivity contribution in [1.82, 2.24) is 9.97 Å². The molecule has 3 rings (SSSR count). The predicted molar refractivity (Wildman–Crippen MR) is 73.0 cm³/mol. The molecule has 3 heterocycles. The van der Waals surface area contributed by atoms with Crippen LogP contribution in [0.4, 0.5) is 5.82 Å². The van der Waals surface area contributed by atoms with Crippen LogP contribution in [0.1, 0.15) is 5.56 Å². The normalized spacial score (nSPS) is 19.3. The van der Waals surface area contributed by atoms with Gasteiger partial charge in [0.15, 0.2) is 9.84 Å². The van der Waals surface area contributed by atoms with E-state index in [-0.39, 0.29) is 11.5 Å². The van der Waals surface area contributed by atoms with E-state index in [1.165, 1.54) is 0 Å². The molecule has 1 saturated heterocycles. The SMILES string of the molecule is Cc1csc2c(N3CCS(=O)(=O)CC3)ncnc12. The van der Waals surface area contributed by atoms with E-state index in [1.54, 1.807) is 17.7 Å². The molecule has 0 saturated carbocycles. The second-order valence-electron chi connectivity index (χ2n) is 4.43. The van der Waals surface area contributed by atoms with Crippen LogP contribution in [0.2, 0.25) is 0 Å². The summed E-state index contributed by atoms with van der Waals surface area (Å²) in [5.74, 6) is 1.29. The second-order valence-corrected chi connectivity index (χ2v) is 7.62. The Labute approximate surface area is 109 Å². The van der Waals surface area contributed by atoms with Crippen molar-refractivity contribution in [3.05, 3.63) is 17.3 Å². The molecule has 1 aliphatic heterocycles. The Balaban J connectivity index is 2.00. The summed E-state index contributed by atoms with van der Waals surface area (Å²) in [4.78, 5) is 10.6. The van der Waals surface area contributed by atoms with Gasteiger partial charge < -0.3 is 4.90 Å². The van der Waals surface area contributed by atoms with Crippen LogP contribution in [-0.2, 0) is 9.84 Å². The molecule has 0 bridgehead atoms. The second kappa shape index (κ2) is 4.17. The van der Waals surface area contributed by atoms with Crippen LogP contribution < -0.4 is 4.90 Å². The molecule has 1 aliphatic rings. The minimum Gasteiger partial charge on any atom is -0.353 e. The summed E-state index contributed by atoms with van der Waals surface area (Å²) in [7, 11) is -2.85. The Hall–Kier alpha value is -1.21. The lowest BCUT2D eigenvalue weighted by molar-refractivity contribution is 0.586. The molecule has 0 radical (unpaired) electrons. The number of anilines is 1. The van der Waals surface area contributed by atoms with Gasteiger partial charge in [0.05, 0.1) is 21.7 Å². The first-order chi connectivity index (χ1) is 8.57. The van der Waals surface area contributed by atoms with E-state index in [2.05, 4.69) is 15.3 Å². The summed E-state index contributed by atoms with van der Waals surface area (Å²) in [5.41, 5.74) is 2.11. The third-order valence-electron chi connectivity index (χ3n) is 3.16. The van der Waals surface area contributed by atoms with E-state index in [0.29, 0.717) is 13.1 Å². The number of rotatable bonds is 1. The molecular formula is C11H13N3O2S2. The van der Waals surface area contributed by atoms with Gasteiger partial charge in [-0.05, 0) is 17.9 Å². The Kier molecular flexibility index (Phi) is 2.74. The number of hydrogen-bond donors (Lipinski definition) is 0. The monoisotopic (exact) mass is 283 g/mol. The van der Waals surface area contributed by atoms with E-state index in [4.69, 9.17) is 0 Å². The van der Waals surface area contributed by atoms with E-state index < -0.39 is 9.84 Å². The van der Waals surface area contributed by atoms with E-state index in [0.717, 1.165) is 21.6 Å². The Bertz CT molecular complexity index is 679. The standard InChI is InChI=1S/C11H13N3O2S2/c1-8-6-17-10-9(8)12-7-13-11(10)14-2-4-18(15,16)5-3-14/h6-7H,2-5H2,1H3. The molecule has 0 aliphatic carbocycles. The van der Waals surface area contributed by atoms with Crippen molar-refractivity contribution in [2.75, 3.05) is 29.5 Å². The van der Waals surface area contributed by atoms with E-state index >= 15 is 0 Å². The van der Waals surface area contributed by atoms with Crippen LogP contribution in [0.5, 0.6) is 0 Å². The number of aromatic nitrogens is 2. The lowest BCUT2D eigenvalue weighted by Crippen LogP contribution is -2.40. The fourth-order valence-corrected chi connectivity index (χ4v) is 4.33. The quantitative estimate of drug-likeness (QED) is 0.788. The number of hydrogen-bond acceptors (Lipinski definition) is 6. The van der Waals surface area contributed by atoms with Gasteiger partial charge >= 0.3 is 0 Å². The van der Waals surface area contributed by atoms with Crippen molar-refractivity contribution >= 4 is 37.2 Å². The first-order valence-electron chi connectivity index (χ1n) is 5.71. The van der Waals surface area contributed by atoms with Crippen molar-refractivity contribution in [3.8, 4) is 0 Å². The number of fused-ring (bicyclic) bond motifs is 1. The maximum Gasteiger partial charge on any atom is 0.153 e. The van der Waals surface area contributed by atoms with Gasteiger partial charge in [-0.3, -0.25) is 0 Å². The van der Waals surface area contributed by atoms with Crippen LogP contribution in [0, 0.1) is 6.92 Å². The molecular weight excluding hydrogens is 270 g/mol. The Morgan fingerprint density at radius 3 is 2.72 bits per heavy atom. The van der Waals surface area contributed by atoms with Gasteiger partial charge in [0, 0.05) is 13.1 Å². The first-order valence-corrected chi connectivity index (χ1v) is 8.41. The zero-order chi connectivity index (χ0) is 12.8. The highest BCUT2D eigenvalue weighted by Crippen LogP contribution is 2.31. The van der Waals surface area contributed by atoms with Crippen LogP contribution in [0.3, 0.4) is 0 Å². The number of sulfone groups is 1. The van der Waals surface area contributed by atoms with Gasteiger partial charge in [-0.1, -0.05) is 0 Å². The highest BCUT2D eigenvalue weighted by Gasteiger charge is 2.24. The highest BCUT2D eigenvalue weighted by atomic mass is 32.2. The van der Waals surface area contributed by atoms with Crippen LogP contribution in [0.15, 0.2) is 11.7 Å². The topological polar surface area (TPSA) is 63.2 Å². The van der Waals surface area contributed by atoms with Crippen molar-refractivity contribution in [3.63, 3.8) is 0 Å². The fourth-order valence-electron chi connectivity index (χ4n) is 2.11. The van der Waals surface area contributed by atoms with Crippen molar-refractivity contribution < 1.29 is 8.42 Å². The lowest BCUT2D eigenvalue weighted by atomic mass is 10.3. The summed E-state index contributed by atoms with van der Waals surface area (Å²) in [5, 5.41) is 2.06. The van der Waals surface area contributed by atoms with Crippen LogP contribution in [-0.4, -0.2) is 43.0 Å². The maximum absolute atomic E-state index is 11.4. The summed E-state index contributed by atoms with van der Waals surface area (Å²) in [6.45, 7) is 3.06. The summed E-state index contributed by atoms with van der Waals surface area (Å²) in [6, 6.07) is 0. The smallest absolute Gasteiger partial charge is 0.153 e. The van der Waals surface area contributed by atoms with Gasteiger partial charge in [0.25, 0.3) is 0 Å². The molecule has 5 nitrogen and oxygen atoms in total. The molecule has 0 spiro atoms. The van der Waals surface area contributed by atoms with Gasteiger partial charge in [-0.2, -0.15) is 0 Å². The maximum atomic E-state index is 11.4. The lowest BCUT2D eigenvalue weighted by Gasteiger charge is -2.27. The predicted octanol–water partition coefficient (Wildman–Crippen LogP) is 1.23. The van der Waals surface area contributed by atoms with Crippen LogP contribution >= 0.6 is 11.3 Å². The average molecular weight is 283 g/mol.